The van der Waals surface area contributed by atoms with Gasteiger partial charge in [-0.2, -0.15) is 0 Å². The van der Waals surface area contributed by atoms with Crippen LogP contribution in [0.25, 0.3) is 0 Å². The van der Waals surface area contributed by atoms with Gasteiger partial charge in [0.1, 0.15) is 0 Å². The predicted molar refractivity (Wildman–Crippen MR) is 104 cm³/mol. The molecule has 152 valence electrons. The molecule has 0 saturated carbocycles. The molecule has 3 heterocycles. The minimum atomic E-state index is -0.328. The molecular weight excluding hydrogens is 345 g/mol. The Bertz CT molecular complexity index is 559. The van der Waals surface area contributed by atoms with Gasteiger partial charge in [-0.25, -0.2) is 4.79 Å². The second-order valence-electron chi connectivity index (χ2n) is 9.27. The molecule has 0 bridgehead atoms. The third-order valence-electron chi connectivity index (χ3n) is 6.68. The lowest BCUT2D eigenvalue weighted by Gasteiger charge is -2.34. The van der Waals surface area contributed by atoms with E-state index in [1.54, 1.807) is 6.92 Å². The lowest BCUT2D eigenvalue weighted by molar-refractivity contribution is -0.119. The van der Waals surface area contributed by atoms with Gasteiger partial charge < -0.3 is 24.4 Å². The number of hydrogen-bond donors (Lipinski definition) is 1. The standard InChI is InChI=1S/C19H34BN3O4/c1-14(24)21-12-15-6-9-22(10-7-15)17(25)23-11-8-16(13-23)20-26-18(2,3)19(4,5)27-20/h15-16H,6-13H2,1-5H3,(H,21,24). The van der Waals surface area contributed by atoms with E-state index >= 15 is 0 Å². The van der Waals surface area contributed by atoms with Crippen molar-refractivity contribution in [1.82, 2.24) is 15.1 Å². The minimum Gasteiger partial charge on any atom is -0.403 e. The van der Waals surface area contributed by atoms with Gasteiger partial charge in [0, 0.05) is 45.5 Å². The molecule has 3 aliphatic heterocycles. The predicted octanol–water partition coefficient (Wildman–Crippen LogP) is 2.12. The summed E-state index contributed by atoms with van der Waals surface area (Å²) in [5.74, 6) is 0.709. The number of nitrogens with zero attached hydrogens (tertiary/aromatic N) is 2. The van der Waals surface area contributed by atoms with E-state index in [9.17, 15) is 9.59 Å². The van der Waals surface area contributed by atoms with Crippen molar-refractivity contribution in [3.63, 3.8) is 0 Å². The topological polar surface area (TPSA) is 71.1 Å². The molecule has 7 nitrogen and oxygen atoms in total. The van der Waals surface area contributed by atoms with Crippen LogP contribution in [0.1, 0.15) is 53.9 Å². The third-order valence-corrected chi connectivity index (χ3v) is 6.68. The number of urea groups is 1. The molecule has 1 unspecified atom stereocenters. The highest BCUT2D eigenvalue weighted by molar-refractivity contribution is 6.47. The number of piperidine rings is 1. The zero-order valence-corrected chi connectivity index (χ0v) is 17.4. The largest absolute Gasteiger partial charge is 0.463 e. The number of nitrogens with one attached hydrogen (secondary N) is 1. The van der Waals surface area contributed by atoms with Crippen molar-refractivity contribution in [1.29, 1.82) is 0 Å². The average Bonchev–Trinajstić information content (AvgIpc) is 3.16. The summed E-state index contributed by atoms with van der Waals surface area (Å²) < 4.78 is 12.3. The molecule has 0 aromatic rings. The van der Waals surface area contributed by atoms with Crippen LogP contribution in [0, 0.1) is 5.92 Å². The fourth-order valence-corrected chi connectivity index (χ4v) is 4.08. The molecule has 3 rings (SSSR count). The van der Waals surface area contributed by atoms with Crippen LogP contribution in [-0.2, 0) is 14.1 Å². The molecule has 0 aromatic heterocycles. The van der Waals surface area contributed by atoms with Gasteiger partial charge in [-0.1, -0.05) is 0 Å². The molecule has 1 N–H and O–H groups in total. The summed E-state index contributed by atoms with van der Waals surface area (Å²) in [6, 6.07) is 0.131. The number of hydrogen-bond acceptors (Lipinski definition) is 4. The number of likely N-dealkylation sites (tertiary alicyclic amines) is 2. The quantitative estimate of drug-likeness (QED) is 0.763. The fourth-order valence-electron chi connectivity index (χ4n) is 4.08. The van der Waals surface area contributed by atoms with Crippen molar-refractivity contribution in [3.05, 3.63) is 0 Å². The van der Waals surface area contributed by atoms with Crippen molar-refractivity contribution >= 4 is 19.1 Å². The minimum absolute atomic E-state index is 0.0133. The van der Waals surface area contributed by atoms with Gasteiger partial charge in [-0.05, 0) is 52.9 Å². The number of carbonyl (C=O) groups excluding carboxylic acids is 2. The molecule has 27 heavy (non-hydrogen) atoms. The molecule has 0 radical (unpaired) electrons. The van der Waals surface area contributed by atoms with Crippen molar-refractivity contribution in [2.45, 2.75) is 70.9 Å². The molecule has 3 amide bonds. The highest BCUT2D eigenvalue weighted by Gasteiger charge is 2.55. The Morgan fingerprint density at radius 1 is 1.00 bits per heavy atom. The van der Waals surface area contributed by atoms with E-state index in [1.807, 2.05) is 9.80 Å². The molecule has 0 aromatic carbocycles. The highest BCUT2D eigenvalue weighted by atomic mass is 16.7. The zero-order valence-electron chi connectivity index (χ0n) is 17.4. The van der Waals surface area contributed by atoms with E-state index < -0.39 is 0 Å². The fraction of sp³-hybridized carbons (Fsp3) is 0.895. The summed E-state index contributed by atoms with van der Waals surface area (Å²) in [5, 5.41) is 2.88. The molecule has 1 atom stereocenters. The van der Waals surface area contributed by atoms with E-state index in [0.29, 0.717) is 19.0 Å². The summed E-state index contributed by atoms with van der Waals surface area (Å²) in [4.78, 5) is 27.8. The summed E-state index contributed by atoms with van der Waals surface area (Å²) >= 11 is 0. The Kier molecular flexibility index (Phi) is 5.78. The van der Waals surface area contributed by atoms with Crippen LogP contribution in [0.4, 0.5) is 4.79 Å². The first kappa shape index (κ1) is 20.5. The van der Waals surface area contributed by atoms with E-state index in [1.165, 1.54) is 0 Å². The van der Waals surface area contributed by atoms with Crippen LogP contribution in [0.3, 0.4) is 0 Å². The summed E-state index contributed by atoms with van der Waals surface area (Å²) in [6.45, 7) is 13.5. The Balaban J connectivity index is 1.47. The van der Waals surface area contributed by atoms with Crippen molar-refractivity contribution in [2.75, 3.05) is 32.7 Å². The maximum absolute atomic E-state index is 12.9. The average molecular weight is 379 g/mol. The van der Waals surface area contributed by atoms with Gasteiger partial charge in [0.2, 0.25) is 5.91 Å². The first-order valence-electron chi connectivity index (χ1n) is 10.2. The van der Waals surface area contributed by atoms with E-state index in [2.05, 4.69) is 33.0 Å². The van der Waals surface area contributed by atoms with Gasteiger partial charge in [-0.15, -0.1) is 0 Å². The Hall–Kier alpha value is -1.28. The van der Waals surface area contributed by atoms with E-state index in [0.717, 1.165) is 38.9 Å². The first-order chi connectivity index (χ1) is 12.6. The molecule has 3 aliphatic rings. The van der Waals surface area contributed by atoms with Crippen LogP contribution >= 0.6 is 0 Å². The Labute approximate surface area is 163 Å². The maximum Gasteiger partial charge on any atom is 0.463 e. The van der Waals surface area contributed by atoms with Crippen molar-refractivity contribution in [3.8, 4) is 0 Å². The number of carbonyl (C=O) groups is 2. The highest BCUT2D eigenvalue weighted by Crippen LogP contribution is 2.42. The third kappa shape index (κ3) is 4.42. The molecule has 8 heteroatoms. The number of amides is 3. The van der Waals surface area contributed by atoms with Gasteiger partial charge >= 0.3 is 13.1 Å². The van der Waals surface area contributed by atoms with Crippen LogP contribution in [0.2, 0.25) is 5.82 Å². The van der Waals surface area contributed by atoms with Crippen LogP contribution in [-0.4, -0.2) is 72.8 Å². The zero-order chi connectivity index (χ0) is 19.8. The van der Waals surface area contributed by atoms with E-state index in [4.69, 9.17) is 9.31 Å². The second kappa shape index (κ2) is 7.62. The molecule has 0 aliphatic carbocycles. The lowest BCUT2D eigenvalue weighted by atomic mass is 9.71. The summed E-state index contributed by atoms with van der Waals surface area (Å²) in [7, 11) is -0.240. The van der Waals surface area contributed by atoms with Gasteiger partial charge in [-0.3, -0.25) is 4.79 Å². The molecule has 3 fully saturated rings. The lowest BCUT2D eigenvalue weighted by Crippen LogP contribution is -2.47. The van der Waals surface area contributed by atoms with Gasteiger partial charge in [0.15, 0.2) is 0 Å². The molecule has 3 saturated heterocycles. The van der Waals surface area contributed by atoms with Crippen LogP contribution < -0.4 is 5.32 Å². The smallest absolute Gasteiger partial charge is 0.403 e. The van der Waals surface area contributed by atoms with Gasteiger partial charge in [0.25, 0.3) is 0 Å². The van der Waals surface area contributed by atoms with Crippen LogP contribution in [0.15, 0.2) is 0 Å². The summed E-state index contributed by atoms with van der Waals surface area (Å²) in [5.41, 5.74) is -0.657. The monoisotopic (exact) mass is 379 g/mol. The van der Waals surface area contributed by atoms with Crippen molar-refractivity contribution in [2.24, 2.45) is 5.92 Å². The molecule has 0 spiro atoms. The van der Waals surface area contributed by atoms with Crippen molar-refractivity contribution < 1.29 is 18.9 Å². The first-order valence-corrected chi connectivity index (χ1v) is 10.2. The normalized spacial score (nSPS) is 27.9. The Morgan fingerprint density at radius 2 is 1.56 bits per heavy atom. The number of rotatable bonds is 3. The Morgan fingerprint density at radius 3 is 2.11 bits per heavy atom. The SMILES string of the molecule is CC(=O)NCC1CCN(C(=O)N2CCC(B3OC(C)(C)C(C)(C)O3)C2)CC1. The maximum atomic E-state index is 12.9. The molecular formula is C19H34BN3O4. The second-order valence-corrected chi connectivity index (χ2v) is 9.27. The summed E-state index contributed by atoms with van der Waals surface area (Å²) in [6.07, 6.45) is 2.81. The van der Waals surface area contributed by atoms with Gasteiger partial charge in [0.05, 0.1) is 11.2 Å². The van der Waals surface area contributed by atoms with E-state index in [-0.39, 0.29) is 36.1 Å². The van der Waals surface area contributed by atoms with Crippen LogP contribution in [0.5, 0.6) is 0 Å².